The number of hydrogen-bond acceptors (Lipinski definition) is 2. The fourth-order valence-corrected chi connectivity index (χ4v) is 2.08. The van der Waals surface area contributed by atoms with E-state index in [-0.39, 0.29) is 11.2 Å². The lowest BCUT2D eigenvalue weighted by Crippen LogP contribution is -2.38. The lowest BCUT2D eigenvalue weighted by molar-refractivity contribution is 0.570. The van der Waals surface area contributed by atoms with E-state index < -0.39 is 0 Å². The molecule has 0 saturated heterocycles. The smallest absolute Gasteiger partial charge is 0.311 e. The van der Waals surface area contributed by atoms with E-state index >= 15 is 0 Å². The molecule has 0 bridgehead atoms. The van der Waals surface area contributed by atoms with Gasteiger partial charge in [-0.15, -0.1) is 0 Å². The van der Waals surface area contributed by atoms with Gasteiger partial charge in [-0.3, -0.25) is 9.36 Å². The quantitative estimate of drug-likeness (QED) is 0.757. The van der Waals surface area contributed by atoms with Gasteiger partial charge in [-0.05, 0) is 26.2 Å². The van der Waals surface area contributed by atoms with E-state index in [4.69, 9.17) is 0 Å². The van der Waals surface area contributed by atoms with Gasteiger partial charge < -0.3 is 4.98 Å². The van der Waals surface area contributed by atoms with E-state index in [9.17, 15) is 9.59 Å². The second kappa shape index (κ2) is 7.19. The monoisotopic (exact) mass is 252 g/mol. The van der Waals surface area contributed by atoms with Gasteiger partial charge in [-0.1, -0.05) is 33.1 Å². The van der Waals surface area contributed by atoms with E-state index in [1.165, 1.54) is 4.57 Å². The zero-order valence-electron chi connectivity index (χ0n) is 11.7. The van der Waals surface area contributed by atoms with Gasteiger partial charge in [0, 0.05) is 17.8 Å². The predicted molar refractivity (Wildman–Crippen MR) is 74.2 cm³/mol. The molecule has 4 heteroatoms. The Morgan fingerprint density at radius 3 is 2.33 bits per heavy atom. The zero-order chi connectivity index (χ0) is 13.5. The van der Waals surface area contributed by atoms with Crippen molar-refractivity contribution in [2.45, 2.75) is 65.8 Å². The van der Waals surface area contributed by atoms with Crippen LogP contribution in [0.5, 0.6) is 0 Å². The SMILES string of the molecule is CCCCCc1c(C)[nH]c(=O)n(CCCC)c1=O. The first-order valence-corrected chi connectivity index (χ1v) is 6.94. The molecule has 1 heterocycles. The van der Waals surface area contributed by atoms with Gasteiger partial charge in [0.1, 0.15) is 0 Å². The fourth-order valence-electron chi connectivity index (χ4n) is 2.08. The van der Waals surface area contributed by atoms with Crippen molar-refractivity contribution in [1.29, 1.82) is 0 Å². The normalized spacial score (nSPS) is 10.8. The molecule has 0 aromatic carbocycles. The topological polar surface area (TPSA) is 54.9 Å². The van der Waals surface area contributed by atoms with Gasteiger partial charge in [0.25, 0.3) is 5.56 Å². The maximum absolute atomic E-state index is 12.3. The molecule has 18 heavy (non-hydrogen) atoms. The summed E-state index contributed by atoms with van der Waals surface area (Å²) in [6.07, 6.45) is 5.86. The Hall–Kier alpha value is -1.32. The van der Waals surface area contributed by atoms with E-state index in [0.29, 0.717) is 6.54 Å². The number of aromatic nitrogens is 2. The van der Waals surface area contributed by atoms with Crippen LogP contribution in [0.15, 0.2) is 9.59 Å². The molecular weight excluding hydrogens is 228 g/mol. The highest BCUT2D eigenvalue weighted by atomic mass is 16.2. The molecule has 1 aromatic heterocycles. The van der Waals surface area contributed by atoms with Crippen LogP contribution in [0.1, 0.15) is 57.2 Å². The van der Waals surface area contributed by atoms with Gasteiger partial charge in [0.15, 0.2) is 0 Å². The fraction of sp³-hybridized carbons (Fsp3) is 0.714. The Morgan fingerprint density at radius 1 is 1.06 bits per heavy atom. The van der Waals surface area contributed by atoms with Crippen LogP contribution in [0, 0.1) is 6.92 Å². The summed E-state index contributed by atoms with van der Waals surface area (Å²) in [6.45, 7) is 6.52. The van der Waals surface area contributed by atoms with Crippen molar-refractivity contribution in [1.82, 2.24) is 9.55 Å². The molecule has 0 unspecified atom stereocenters. The Balaban J connectivity index is 3.02. The number of H-pyrrole nitrogens is 1. The minimum absolute atomic E-state index is 0.0965. The summed E-state index contributed by atoms with van der Waals surface area (Å²) in [7, 11) is 0. The predicted octanol–water partition coefficient (Wildman–Crippen LogP) is 2.38. The first-order valence-electron chi connectivity index (χ1n) is 6.94. The molecular formula is C14H24N2O2. The minimum atomic E-state index is -0.273. The number of unbranched alkanes of at least 4 members (excludes halogenated alkanes) is 3. The van der Waals surface area contributed by atoms with Crippen molar-refractivity contribution in [3.63, 3.8) is 0 Å². The van der Waals surface area contributed by atoms with Crippen molar-refractivity contribution in [2.24, 2.45) is 0 Å². The second-order valence-corrected chi connectivity index (χ2v) is 4.80. The summed E-state index contributed by atoms with van der Waals surface area (Å²) in [5.74, 6) is 0. The first kappa shape index (κ1) is 14.7. The minimum Gasteiger partial charge on any atom is -0.311 e. The van der Waals surface area contributed by atoms with E-state index in [1.807, 2.05) is 6.92 Å². The maximum Gasteiger partial charge on any atom is 0.328 e. The molecule has 0 spiro atoms. The van der Waals surface area contributed by atoms with Crippen LogP contribution >= 0.6 is 0 Å². The van der Waals surface area contributed by atoms with Gasteiger partial charge in [0.2, 0.25) is 0 Å². The van der Waals surface area contributed by atoms with Gasteiger partial charge in [-0.2, -0.15) is 0 Å². The number of aryl methyl sites for hydroxylation is 1. The van der Waals surface area contributed by atoms with Crippen LogP contribution < -0.4 is 11.2 Å². The third kappa shape index (κ3) is 3.59. The summed E-state index contributed by atoms with van der Waals surface area (Å²) in [6, 6.07) is 0. The molecule has 0 fully saturated rings. The molecule has 0 aliphatic carbocycles. The highest BCUT2D eigenvalue weighted by Gasteiger charge is 2.10. The number of nitrogens with zero attached hydrogens (tertiary/aromatic N) is 1. The van der Waals surface area contributed by atoms with Crippen molar-refractivity contribution in [2.75, 3.05) is 0 Å². The van der Waals surface area contributed by atoms with Gasteiger partial charge in [0.05, 0.1) is 0 Å². The number of rotatable bonds is 7. The van der Waals surface area contributed by atoms with Crippen molar-refractivity contribution >= 4 is 0 Å². The summed E-state index contributed by atoms with van der Waals surface area (Å²) < 4.78 is 1.35. The van der Waals surface area contributed by atoms with Crippen molar-refractivity contribution in [3.8, 4) is 0 Å². The highest BCUT2D eigenvalue weighted by Crippen LogP contribution is 2.04. The highest BCUT2D eigenvalue weighted by molar-refractivity contribution is 5.15. The van der Waals surface area contributed by atoms with Crippen molar-refractivity contribution < 1.29 is 0 Å². The number of aromatic amines is 1. The Morgan fingerprint density at radius 2 is 1.72 bits per heavy atom. The molecule has 0 saturated carbocycles. The average Bonchev–Trinajstić information content (AvgIpc) is 2.33. The molecule has 0 aliphatic heterocycles. The number of nitrogens with one attached hydrogen (secondary N) is 1. The van der Waals surface area contributed by atoms with Gasteiger partial charge >= 0.3 is 5.69 Å². The lowest BCUT2D eigenvalue weighted by Gasteiger charge is -2.09. The Labute approximate surface area is 108 Å². The lowest BCUT2D eigenvalue weighted by atomic mass is 10.1. The van der Waals surface area contributed by atoms with Crippen LogP contribution in [-0.4, -0.2) is 9.55 Å². The van der Waals surface area contributed by atoms with Crippen LogP contribution in [0.4, 0.5) is 0 Å². The molecule has 4 nitrogen and oxygen atoms in total. The average molecular weight is 252 g/mol. The molecule has 0 radical (unpaired) electrons. The molecule has 1 N–H and O–H groups in total. The van der Waals surface area contributed by atoms with Crippen LogP contribution in [0.2, 0.25) is 0 Å². The van der Waals surface area contributed by atoms with E-state index in [0.717, 1.165) is 49.8 Å². The van der Waals surface area contributed by atoms with Gasteiger partial charge in [-0.25, -0.2) is 4.79 Å². The summed E-state index contributed by atoms with van der Waals surface area (Å²) in [5.41, 5.74) is 1.14. The first-order chi connectivity index (χ1) is 8.61. The Kier molecular flexibility index (Phi) is 5.89. The third-order valence-corrected chi connectivity index (χ3v) is 3.26. The van der Waals surface area contributed by atoms with E-state index in [1.54, 1.807) is 0 Å². The summed E-state index contributed by atoms with van der Waals surface area (Å²) in [4.78, 5) is 26.8. The largest absolute Gasteiger partial charge is 0.328 e. The van der Waals surface area contributed by atoms with Crippen LogP contribution in [0.3, 0.4) is 0 Å². The zero-order valence-corrected chi connectivity index (χ0v) is 11.7. The molecule has 1 rings (SSSR count). The Bertz CT molecular complexity index is 486. The maximum atomic E-state index is 12.3. The molecule has 102 valence electrons. The van der Waals surface area contributed by atoms with Crippen molar-refractivity contribution in [3.05, 3.63) is 32.1 Å². The molecule has 1 aromatic rings. The molecule has 0 amide bonds. The molecule has 0 atom stereocenters. The second-order valence-electron chi connectivity index (χ2n) is 4.80. The standard InChI is InChI=1S/C14H24N2O2/c1-4-6-8-9-12-11(3)15-14(18)16(13(12)17)10-7-5-2/h4-10H2,1-3H3,(H,15,18). The number of hydrogen-bond donors (Lipinski definition) is 1. The van der Waals surface area contributed by atoms with Crippen LogP contribution in [0.25, 0.3) is 0 Å². The van der Waals surface area contributed by atoms with E-state index in [2.05, 4.69) is 18.8 Å². The third-order valence-electron chi connectivity index (χ3n) is 3.26. The summed E-state index contributed by atoms with van der Waals surface area (Å²) in [5, 5.41) is 0. The molecule has 0 aliphatic rings. The van der Waals surface area contributed by atoms with Crippen LogP contribution in [-0.2, 0) is 13.0 Å². The summed E-state index contributed by atoms with van der Waals surface area (Å²) >= 11 is 0.